The Morgan fingerprint density at radius 1 is 1.29 bits per heavy atom. The van der Waals surface area contributed by atoms with Crippen LogP contribution in [0.1, 0.15) is 24.7 Å². The van der Waals surface area contributed by atoms with Gasteiger partial charge < -0.3 is 15.4 Å². The molecule has 0 spiro atoms. The van der Waals surface area contributed by atoms with Crippen molar-refractivity contribution in [1.82, 2.24) is 19.6 Å². The van der Waals surface area contributed by atoms with Crippen LogP contribution < -0.4 is 5.73 Å². The number of nitrogens with zero attached hydrogens (tertiary/aromatic N) is 4. The van der Waals surface area contributed by atoms with E-state index in [1.807, 2.05) is 22.6 Å². The molecule has 1 atom stereocenters. The maximum Gasteiger partial charge on any atom is 0.234 e. The van der Waals surface area contributed by atoms with E-state index < -0.39 is 0 Å². The van der Waals surface area contributed by atoms with Crippen molar-refractivity contribution in [3.8, 4) is 0 Å². The van der Waals surface area contributed by atoms with Gasteiger partial charge in [-0.3, -0.25) is 19.2 Å². The normalized spacial score (nSPS) is 19.8. The first-order valence-corrected chi connectivity index (χ1v) is 8.49. The number of carbonyl (C=O) groups excluding carboxylic acids is 2. The zero-order valence-corrected chi connectivity index (χ0v) is 14.1. The molecule has 8 nitrogen and oxygen atoms in total. The summed E-state index contributed by atoms with van der Waals surface area (Å²) in [6.45, 7) is 6.59. The summed E-state index contributed by atoms with van der Waals surface area (Å²) >= 11 is 0. The van der Waals surface area contributed by atoms with Crippen molar-refractivity contribution in [2.75, 3.05) is 32.8 Å². The molecule has 1 aromatic rings. The van der Waals surface area contributed by atoms with Crippen LogP contribution in [0.4, 0.5) is 0 Å². The number of carbonyl (C=O) groups is 2. The highest BCUT2D eigenvalue weighted by Gasteiger charge is 2.25. The fourth-order valence-corrected chi connectivity index (χ4v) is 3.18. The van der Waals surface area contributed by atoms with Crippen molar-refractivity contribution in [1.29, 1.82) is 0 Å². The molecule has 2 amide bonds. The second-order valence-electron chi connectivity index (χ2n) is 6.39. The Bertz CT molecular complexity index is 609. The quantitative estimate of drug-likeness (QED) is 0.773. The van der Waals surface area contributed by atoms with Crippen molar-refractivity contribution < 1.29 is 14.3 Å². The van der Waals surface area contributed by atoms with Crippen LogP contribution in [-0.4, -0.2) is 70.3 Å². The Kier molecular flexibility index (Phi) is 5.15. The summed E-state index contributed by atoms with van der Waals surface area (Å²) < 4.78 is 7.24. The van der Waals surface area contributed by atoms with Crippen molar-refractivity contribution in [3.63, 3.8) is 0 Å². The van der Waals surface area contributed by atoms with E-state index in [1.165, 1.54) is 0 Å². The van der Waals surface area contributed by atoms with Crippen LogP contribution in [0.2, 0.25) is 0 Å². The van der Waals surface area contributed by atoms with E-state index in [-0.39, 0.29) is 17.9 Å². The lowest BCUT2D eigenvalue weighted by atomic mass is 10.2. The molecule has 3 heterocycles. The van der Waals surface area contributed by atoms with E-state index in [9.17, 15) is 9.59 Å². The Hall–Kier alpha value is -1.93. The minimum absolute atomic E-state index is 0.160. The minimum atomic E-state index is -0.306. The molecule has 132 valence electrons. The molecular formula is C16H25N5O3. The Morgan fingerprint density at radius 2 is 2.04 bits per heavy atom. The first-order chi connectivity index (χ1) is 11.5. The third-order valence-corrected chi connectivity index (χ3v) is 4.80. The predicted octanol–water partition coefficient (Wildman–Crippen LogP) is -0.636. The van der Waals surface area contributed by atoms with Gasteiger partial charge in [0, 0.05) is 39.0 Å². The fraction of sp³-hybridized carbons (Fsp3) is 0.688. The Labute approximate surface area is 141 Å². The monoisotopic (exact) mass is 335 g/mol. The zero-order valence-electron chi connectivity index (χ0n) is 14.1. The first kappa shape index (κ1) is 16.9. The van der Waals surface area contributed by atoms with Crippen LogP contribution in [0.3, 0.4) is 0 Å². The number of hydrogen-bond donors (Lipinski definition) is 1. The predicted molar refractivity (Wildman–Crippen MR) is 87.0 cm³/mol. The van der Waals surface area contributed by atoms with Crippen molar-refractivity contribution in [3.05, 3.63) is 17.5 Å². The molecule has 0 aliphatic carbocycles. The summed E-state index contributed by atoms with van der Waals surface area (Å²) in [5, 5.41) is 4.58. The molecule has 24 heavy (non-hydrogen) atoms. The number of hydrogen-bond acceptors (Lipinski definition) is 5. The number of nitrogens with two attached hydrogens (primary N) is 1. The SMILES string of the molecule is C[C@H](C(N)=O)N1CCn2nc(CCC(=O)N3CCOCC3)cc2C1. The van der Waals surface area contributed by atoms with Crippen LogP contribution >= 0.6 is 0 Å². The van der Waals surface area contributed by atoms with Crippen molar-refractivity contribution in [2.24, 2.45) is 5.73 Å². The molecular weight excluding hydrogens is 310 g/mol. The van der Waals surface area contributed by atoms with Crippen LogP contribution in [0, 0.1) is 0 Å². The second-order valence-corrected chi connectivity index (χ2v) is 6.39. The fourth-order valence-electron chi connectivity index (χ4n) is 3.18. The molecule has 0 bridgehead atoms. The van der Waals surface area contributed by atoms with Gasteiger partial charge in [-0.15, -0.1) is 0 Å². The number of morpholine rings is 1. The maximum atomic E-state index is 12.2. The lowest BCUT2D eigenvalue weighted by Gasteiger charge is -2.30. The highest BCUT2D eigenvalue weighted by Crippen LogP contribution is 2.17. The van der Waals surface area contributed by atoms with E-state index in [1.54, 1.807) is 0 Å². The summed E-state index contributed by atoms with van der Waals surface area (Å²) in [5.41, 5.74) is 7.39. The average molecular weight is 335 g/mol. The van der Waals surface area contributed by atoms with Gasteiger partial charge in [-0.2, -0.15) is 5.10 Å². The molecule has 2 aliphatic rings. The van der Waals surface area contributed by atoms with E-state index >= 15 is 0 Å². The molecule has 0 aromatic carbocycles. The second kappa shape index (κ2) is 7.31. The van der Waals surface area contributed by atoms with Crippen LogP contribution in [0.25, 0.3) is 0 Å². The molecule has 0 radical (unpaired) electrons. The number of primary amides is 1. The van der Waals surface area contributed by atoms with E-state index in [2.05, 4.69) is 10.00 Å². The summed E-state index contributed by atoms with van der Waals surface area (Å²) in [6.07, 6.45) is 1.11. The zero-order chi connectivity index (χ0) is 17.1. The van der Waals surface area contributed by atoms with Crippen molar-refractivity contribution >= 4 is 11.8 Å². The maximum absolute atomic E-state index is 12.2. The molecule has 1 fully saturated rings. The molecule has 2 N–H and O–H groups in total. The van der Waals surface area contributed by atoms with Gasteiger partial charge in [-0.05, 0) is 13.0 Å². The highest BCUT2D eigenvalue weighted by atomic mass is 16.5. The van der Waals surface area contributed by atoms with Gasteiger partial charge in [0.1, 0.15) is 0 Å². The first-order valence-electron chi connectivity index (χ1n) is 8.49. The molecule has 1 saturated heterocycles. The molecule has 3 rings (SSSR count). The number of fused-ring (bicyclic) bond motifs is 1. The highest BCUT2D eigenvalue weighted by molar-refractivity contribution is 5.79. The lowest BCUT2D eigenvalue weighted by molar-refractivity contribution is -0.135. The van der Waals surface area contributed by atoms with E-state index in [4.69, 9.17) is 10.5 Å². The number of amides is 2. The van der Waals surface area contributed by atoms with Gasteiger partial charge in [-0.25, -0.2) is 0 Å². The molecule has 0 unspecified atom stereocenters. The number of aromatic nitrogens is 2. The van der Waals surface area contributed by atoms with E-state index in [0.717, 1.165) is 24.5 Å². The summed E-state index contributed by atoms with van der Waals surface area (Å²) in [5.74, 6) is -0.146. The number of rotatable bonds is 5. The summed E-state index contributed by atoms with van der Waals surface area (Å²) in [6, 6.07) is 1.76. The standard InChI is InChI=1S/C16H25N5O3/c1-12(16(17)23)20-4-5-21-14(11-20)10-13(18-21)2-3-15(22)19-6-8-24-9-7-19/h10,12H,2-9,11H2,1H3,(H2,17,23)/t12-/m1/s1. The molecule has 1 aromatic heterocycles. The van der Waals surface area contributed by atoms with Crippen LogP contribution in [0.5, 0.6) is 0 Å². The van der Waals surface area contributed by atoms with Gasteiger partial charge >= 0.3 is 0 Å². The van der Waals surface area contributed by atoms with Gasteiger partial charge in [0.05, 0.1) is 37.2 Å². The molecule has 8 heteroatoms. The lowest BCUT2D eigenvalue weighted by Crippen LogP contribution is -2.46. The molecule has 0 saturated carbocycles. The van der Waals surface area contributed by atoms with Crippen molar-refractivity contribution in [2.45, 2.75) is 38.9 Å². The average Bonchev–Trinajstić information content (AvgIpc) is 3.01. The largest absolute Gasteiger partial charge is 0.378 e. The van der Waals surface area contributed by atoms with Gasteiger partial charge in [-0.1, -0.05) is 0 Å². The summed E-state index contributed by atoms with van der Waals surface area (Å²) in [4.78, 5) is 27.5. The molecule has 2 aliphatic heterocycles. The van der Waals surface area contributed by atoms with Gasteiger partial charge in [0.25, 0.3) is 0 Å². The summed E-state index contributed by atoms with van der Waals surface area (Å²) in [7, 11) is 0. The smallest absolute Gasteiger partial charge is 0.234 e. The number of ether oxygens (including phenoxy) is 1. The number of aryl methyl sites for hydroxylation is 1. The third kappa shape index (κ3) is 3.76. The van der Waals surface area contributed by atoms with E-state index in [0.29, 0.717) is 45.7 Å². The third-order valence-electron chi connectivity index (χ3n) is 4.80. The topological polar surface area (TPSA) is 93.7 Å². The van der Waals surface area contributed by atoms with Gasteiger partial charge in [0.15, 0.2) is 0 Å². The Balaban J connectivity index is 1.55. The Morgan fingerprint density at radius 3 is 2.75 bits per heavy atom. The van der Waals surface area contributed by atoms with Crippen LogP contribution in [-0.2, 0) is 33.8 Å². The van der Waals surface area contributed by atoms with Gasteiger partial charge in [0.2, 0.25) is 11.8 Å². The van der Waals surface area contributed by atoms with Crippen LogP contribution in [0.15, 0.2) is 6.07 Å². The minimum Gasteiger partial charge on any atom is -0.378 e.